The molecule has 101 heavy (non-hydrogen) atoms. The van der Waals surface area contributed by atoms with Crippen molar-refractivity contribution in [1.82, 2.24) is 79.7 Å². The number of hydrogen-bond acceptors (Lipinski definition) is 24. The van der Waals surface area contributed by atoms with Crippen LogP contribution in [0.2, 0.25) is 0 Å². The topological polar surface area (TPSA) is 459 Å². The minimum Gasteiger partial charge on any atom is -0.545 e. The fourth-order valence-electron chi connectivity index (χ4n) is 12.8. The molecule has 0 spiro atoms. The fourth-order valence-corrected chi connectivity index (χ4v) is 12.8. The number of fused-ring (bicyclic) bond motifs is 40. The SMILES string of the molecule is O=C([O-])c1cc2c3nc4nc(nc5[nH]c(nc6nc(nc([nH]3)c2c(C(=O)[O-])c1C(=O)[O-])-c1ccccc1-6)c1ccccc51)-c1ccccc1-4.O=C([O-])c1cc2c3nc4nc(nc5[nH]c(nc6nc(nc([nH]3)c2c(C(=O)[O-])c1C(=O)[O-])-c1ccccc1-6)c1ccccc51)-c1ccccc1-4.[Co+2].[Co+2].[Co+2]. The molecular weight excluding hydrogens is 1430 g/mol. The van der Waals surface area contributed by atoms with Gasteiger partial charge in [-0.15, -0.1) is 0 Å². The number of rotatable bonds is 6. The second-order valence-corrected chi connectivity index (χ2v) is 22.4. The predicted molar refractivity (Wildman–Crippen MR) is 338 cm³/mol. The van der Waals surface area contributed by atoms with Gasteiger partial charge in [-0.1, -0.05) is 146 Å². The van der Waals surface area contributed by atoms with E-state index in [0.717, 1.165) is 33.7 Å². The van der Waals surface area contributed by atoms with E-state index in [4.69, 9.17) is 49.8 Å². The van der Waals surface area contributed by atoms with Gasteiger partial charge in [-0.3, -0.25) is 0 Å². The van der Waals surface area contributed by atoms with Gasteiger partial charge in [0.1, 0.15) is 45.2 Å². The smallest absolute Gasteiger partial charge is 0.545 e. The number of carbonyl (C=O) groups is 6. The van der Waals surface area contributed by atoms with Crippen molar-refractivity contribution in [3.8, 4) is 91.1 Å². The van der Waals surface area contributed by atoms with Crippen LogP contribution >= 0.6 is 0 Å². The van der Waals surface area contributed by atoms with E-state index in [0.29, 0.717) is 78.7 Å². The fraction of sp³-hybridized carbons (Fsp3) is 0. The summed E-state index contributed by atoms with van der Waals surface area (Å²) in [5.41, 5.74) is 0.0362. The van der Waals surface area contributed by atoms with E-state index >= 15 is 0 Å². The van der Waals surface area contributed by atoms with Crippen molar-refractivity contribution in [1.29, 1.82) is 0 Å². The van der Waals surface area contributed by atoms with Crippen molar-refractivity contribution >= 4 is 124 Å². The van der Waals surface area contributed by atoms with Crippen LogP contribution in [0.4, 0.5) is 0 Å². The standard InChI is InChI=1S/2C35H18N8O6.3Co/c2*44-33(45)21-13-20-22(24(35(48)49)23(21)34(46)47)32-42-30-19-12-6-5-11-18(19)28(40-30)38-26-15-8-2-1-7-14(15)25(36-26)37-27-16-9-3-4-10-17(16)29(39-27)41-31(20)43-32;;;/h2*1-13H,(H,44,45)(H,46,47)(H,48,49)(H2,36,37,38,39,40,41,42,43);;;/q;;3*+2/p-6. The first kappa shape index (κ1) is 65.1. The zero-order chi connectivity index (χ0) is 67.1. The Morgan fingerprint density at radius 2 is 0.416 bits per heavy atom. The number of aromatic amines is 4. The maximum atomic E-state index is 12.6. The maximum Gasteiger partial charge on any atom is 2.00 e. The molecule has 31 heteroatoms. The minimum atomic E-state index is -2.06. The summed E-state index contributed by atoms with van der Waals surface area (Å²) in [6.45, 7) is 0. The molecule has 0 atom stereocenters. The summed E-state index contributed by atoms with van der Waals surface area (Å²) in [5, 5.41) is 76.4. The largest absolute Gasteiger partial charge is 2.00 e. The zero-order valence-electron chi connectivity index (χ0n) is 50.3. The molecule has 28 nitrogen and oxygen atoms in total. The Morgan fingerprint density at radius 1 is 0.228 bits per heavy atom. The second-order valence-electron chi connectivity index (χ2n) is 22.4. The molecule has 6 aromatic heterocycles. The van der Waals surface area contributed by atoms with Gasteiger partial charge in [0.15, 0.2) is 46.6 Å². The molecule has 489 valence electrons. The summed E-state index contributed by atoms with van der Waals surface area (Å²) in [6.07, 6.45) is 0. The number of nitrogens with zero attached hydrogens (tertiary/aromatic N) is 12. The molecule has 0 fully saturated rings. The van der Waals surface area contributed by atoms with Crippen molar-refractivity contribution in [2.45, 2.75) is 0 Å². The third-order valence-electron chi connectivity index (χ3n) is 16.9. The Labute approximate surface area is 592 Å². The van der Waals surface area contributed by atoms with Crippen LogP contribution in [0.15, 0.2) is 158 Å². The number of carbonyl (C=O) groups excluding carboxylic acids is 6. The Bertz CT molecular complexity index is 6090. The number of H-pyrrole nitrogens is 4. The number of aromatic nitrogens is 16. The monoisotopic (exact) mass is 1460 g/mol. The van der Waals surface area contributed by atoms with Gasteiger partial charge in [-0.25, -0.2) is 59.8 Å². The van der Waals surface area contributed by atoms with Gasteiger partial charge in [0, 0.05) is 121 Å². The van der Waals surface area contributed by atoms with E-state index in [2.05, 4.69) is 29.9 Å². The van der Waals surface area contributed by atoms with Gasteiger partial charge in [0.2, 0.25) is 0 Å². The van der Waals surface area contributed by atoms with Gasteiger partial charge in [0.05, 0.1) is 35.8 Å². The van der Waals surface area contributed by atoms with E-state index in [-0.39, 0.29) is 129 Å². The number of carboxylic acids is 6. The molecule has 10 heterocycles. The molecule has 4 aliphatic heterocycles. The first-order chi connectivity index (χ1) is 47.5. The maximum absolute atomic E-state index is 12.6. The average Bonchev–Trinajstić information content (AvgIpc) is 1.61. The third-order valence-corrected chi connectivity index (χ3v) is 16.9. The zero-order valence-corrected chi connectivity index (χ0v) is 53.4. The molecule has 0 unspecified atom stereocenters. The molecule has 16 bridgehead atoms. The normalized spacial score (nSPS) is 11.4. The van der Waals surface area contributed by atoms with Crippen LogP contribution in [0.3, 0.4) is 0 Å². The first-order valence-corrected chi connectivity index (χ1v) is 29.4. The number of nitrogens with one attached hydrogen (secondary N) is 4. The molecule has 0 amide bonds. The molecule has 4 N–H and O–H groups in total. The minimum absolute atomic E-state index is 0. The Kier molecular flexibility index (Phi) is 15.9. The molecule has 3 radical (unpaired) electrons. The third kappa shape index (κ3) is 10.4. The first-order valence-electron chi connectivity index (χ1n) is 29.4. The van der Waals surface area contributed by atoms with Gasteiger partial charge < -0.3 is 79.3 Å². The van der Waals surface area contributed by atoms with Crippen LogP contribution in [0.25, 0.3) is 179 Å². The van der Waals surface area contributed by atoms with Crippen LogP contribution in [-0.2, 0) is 50.3 Å². The van der Waals surface area contributed by atoms with E-state index in [1.165, 1.54) is 0 Å². The Hall–Kier alpha value is -13.2. The van der Waals surface area contributed by atoms with Crippen molar-refractivity contribution in [2.24, 2.45) is 0 Å². The quantitative estimate of drug-likeness (QED) is 0.183. The van der Waals surface area contributed by atoms with Crippen LogP contribution in [-0.4, -0.2) is 116 Å². The van der Waals surface area contributed by atoms with Crippen LogP contribution in [0.1, 0.15) is 62.1 Å². The van der Waals surface area contributed by atoms with Gasteiger partial charge in [-0.05, 0) is 12.1 Å². The molecule has 0 saturated carbocycles. The summed E-state index contributed by atoms with van der Waals surface area (Å²) in [5.74, 6) is -10.2. The second kappa shape index (κ2) is 24.7. The summed E-state index contributed by atoms with van der Waals surface area (Å²) in [6, 6.07) is 45.6. The number of benzene rings is 8. The van der Waals surface area contributed by atoms with Crippen LogP contribution in [0.5, 0.6) is 0 Å². The van der Waals surface area contributed by atoms with Crippen LogP contribution in [0, 0.1) is 0 Å². The predicted octanol–water partition coefficient (Wildman–Crippen LogP) is 3.91. The molecule has 18 rings (SSSR count). The van der Waals surface area contributed by atoms with E-state index in [9.17, 15) is 59.4 Å². The Balaban J connectivity index is 0.000000167. The number of aromatic carboxylic acids is 6. The molecule has 0 saturated heterocycles. The van der Waals surface area contributed by atoms with Gasteiger partial charge >= 0.3 is 50.3 Å². The van der Waals surface area contributed by atoms with E-state index < -0.39 is 69.2 Å². The molecule has 8 aromatic carbocycles. The molecule has 4 aliphatic rings. The average molecular weight is 1460 g/mol. The summed E-state index contributed by atoms with van der Waals surface area (Å²) in [4.78, 5) is 144. The molecule has 14 aromatic rings. The summed E-state index contributed by atoms with van der Waals surface area (Å²) < 4.78 is 0. The number of carboxylic acid groups (broad SMARTS) is 6. The van der Waals surface area contributed by atoms with E-state index in [1.807, 2.05) is 72.8 Å². The van der Waals surface area contributed by atoms with Crippen molar-refractivity contribution in [3.63, 3.8) is 0 Å². The summed E-state index contributed by atoms with van der Waals surface area (Å²) in [7, 11) is 0. The summed E-state index contributed by atoms with van der Waals surface area (Å²) >= 11 is 0. The van der Waals surface area contributed by atoms with E-state index in [1.54, 1.807) is 72.8 Å². The Morgan fingerprint density at radius 3 is 0.624 bits per heavy atom. The number of hydrogen-bond donors (Lipinski definition) is 4. The van der Waals surface area contributed by atoms with Crippen molar-refractivity contribution < 1.29 is 110 Å². The van der Waals surface area contributed by atoms with Crippen molar-refractivity contribution in [2.75, 3.05) is 0 Å². The molecular formula is C70H30Co3N16O12. The van der Waals surface area contributed by atoms with Crippen molar-refractivity contribution in [3.05, 3.63) is 191 Å². The van der Waals surface area contributed by atoms with Gasteiger partial charge in [0.25, 0.3) is 0 Å². The van der Waals surface area contributed by atoms with Crippen LogP contribution < -0.4 is 30.6 Å². The molecule has 0 aliphatic carbocycles. The van der Waals surface area contributed by atoms with Gasteiger partial charge in [-0.2, -0.15) is 0 Å².